The van der Waals surface area contributed by atoms with Crippen LogP contribution in [0.25, 0.3) is 0 Å². The lowest BCUT2D eigenvalue weighted by atomic mass is 9.97. The van der Waals surface area contributed by atoms with Crippen LogP contribution in [0.15, 0.2) is 77.7 Å². The number of para-hydroxylation sites is 2. The van der Waals surface area contributed by atoms with Crippen LogP contribution in [0.4, 0.5) is 5.69 Å². The van der Waals surface area contributed by atoms with Gasteiger partial charge < -0.3 is 10.1 Å². The number of sulfonamides is 1. The van der Waals surface area contributed by atoms with Crippen molar-refractivity contribution < 1.29 is 17.9 Å². The minimum Gasteiger partial charge on any atom is -0.495 e. The number of hydrogen-bond donors (Lipinski definition) is 1. The van der Waals surface area contributed by atoms with Crippen LogP contribution in [0.5, 0.6) is 5.75 Å². The van der Waals surface area contributed by atoms with Crippen LogP contribution in [0.3, 0.4) is 0 Å². The van der Waals surface area contributed by atoms with Crippen molar-refractivity contribution in [3.8, 4) is 5.75 Å². The summed E-state index contributed by atoms with van der Waals surface area (Å²) in [4.78, 5) is 13.3. The number of anilines is 1. The number of rotatable bonds is 9. The number of nitrogens with zero attached hydrogens (tertiary/aromatic N) is 1. The average Bonchev–Trinajstić information content (AvgIpc) is 2.82. The maximum Gasteiger partial charge on any atom is 0.264 e. The minimum atomic E-state index is -4.01. The van der Waals surface area contributed by atoms with Gasteiger partial charge in [0.25, 0.3) is 10.0 Å². The molecule has 0 bridgehead atoms. The molecule has 3 aromatic carbocycles. The summed E-state index contributed by atoms with van der Waals surface area (Å²) in [7, 11) is -2.54. The monoisotopic (exact) mass is 466 g/mol. The van der Waals surface area contributed by atoms with E-state index in [2.05, 4.69) is 11.4 Å². The maximum atomic E-state index is 13.5. The molecule has 7 heteroatoms. The van der Waals surface area contributed by atoms with Gasteiger partial charge in [0.1, 0.15) is 12.3 Å². The van der Waals surface area contributed by atoms with Gasteiger partial charge in [0.05, 0.1) is 23.7 Å². The standard InChI is InChI=1S/C26H30N2O4S/c1-5-23(22-16-15-19(2)17-20(22)3)27-26(29)18-28(24-13-9-10-14-25(24)32-4)33(30,31)21-11-7-6-8-12-21/h6-17,23H,5,18H2,1-4H3,(H,27,29). The van der Waals surface area contributed by atoms with Gasteiger partial charge in [-0.3, -0.25) is 9.10 Å². The summed E-state index contributed by atoms with van der Waals surface area (Å²) >= 11 is 0. The van der Waals surface area contributed by atoms with Crippen molar-refractivity contribution in [1.82, 2.24) is 5.32 Å². The molecule has 3 rings (SSSR count). The van der Waals surface area contributed by atoms with E-state index in [1.165, 1.54) is 19.2 Å². The van der Waals surface area contributed by atoms with Gasteiger partial charge in [-0.15, -0.1) is 0 Å². The molecule has 33 heavy (non-hydrogen) atoms. The third-order valence-electron chi connectivity index (χ3n) is 5.52. The van der Waals surface area contributed by atoms with Gasteiger partial charge in [-0.25, -0.2) is 8.42 Å². The molecule has 0 aromatic heterocycles. The molecule has 0 spiro atoms. The molecule has 3 aromatic rings. The summed E-state index contributed by atoms with van der Waals surface area (Å²) < 4.78 is 33.6. The molecule has 0 aliphatic carbocycles. The summed E-state index contributed by atoms with van der Waals surface area (Å²) in [6.07, 6.45) is 0.676. The van der Waals surface area contributed by atoms with Crippen LogP contribution < -0.4 is 14.4 Å². The largest absolute Gasteiger partial charge is 0.495 e. The van der Waals surface area contributed by atoms with E-state index < -0.39 is 15.9 Å². The summed E-state index contributed by atoms with van der Waals surface area (Å²) in [5.74, 6) is -0.0292. The van der Waals surface area contributed by atoms with E-state index in [9.17, 15) is 13.2 Å². The topological polar surface area (TPSA) is 75.7 Å². The highest BCUT2D eigenvalue weighted by molar-refractivity contribution is 7.92. The van der Waals surface area contributed by atoms with Crippen LogP contribution in [0, 0.1) is 13.8 Å². The van der Waals surface area contributed by atoms with Crippen molar-refractivity contribution in [2.75, 3.05) is 18.0 Å². The zero-order chi connectivity index (χ0) is 24.0. The van der Waals surface area contributed by atoms with Crippen LogP contribution >= 0.6 is 0 Å². The van der Waals surface area contributed by atoms with Gasteiger partial charge in [0, 0.05) is 0 Å². The number of nitrogens with one attached hydrogen (secondary N) is 1. The molecule has 1 atom stereocenters. The van der Waals surface area contributed by atoms with E-state index in [4.69, 9.17) is 4.74 Å². The normalized spacial score (nSPS) is 12.1. The SMILES string of the molecule is CCC(NC(=O)CN(c1ccccc1OC)S(=O)(=O)c1ccccc1)c1ccc(C)cc1C. The predicted octanol–water partition coefficient (Wildman–Crippen LogP) is 4.77. The highest BCUT2D eigenvalue weighted by Gasteiger charge is 2.30. The van der Waals surface area contributed by atoms with Gasteiger partial charge in [-0.05, 0) is 55.7 Å². The second kappa shape index (κ2) is 10.5. The summed E-state index contributed by atoms with van der Waals surface area (Å²) in [5, 5.41) is 3.02. The van der Waals surface area contributed by atoms with E-state index in [0.717, 1.165) is 21.0 Å². The molecule has 174 valence electrons. The van der Waals surface area contributed by atoms with Gasteiger partial charge in [0.2, 0.25) is 5.91 Å². The molecule has 0 saturated carbocycles. The quantitative estimate of drug-likeness (QED) is 0.493. The molecule has 0 saturated heterocycles. The highest BCUT2D eigenvalue weighted by Crippen LogP contribution is 2.32. The lowest BCUT2D eigenvalue weighted by Crippen LogP contribution is -2.42. The number of carbonyl (C=O) groups excluding carboxylic acids is 1. The highest BCUT2D eigenvalue weighted by atomic mass is 32.2. The predicted molar refractivity (Wildman–Crippen MR) is 131 cm³/mol. The number of hydrogen-bond acceptors (Lipinski definition) is 4. The lowest BCUT2D eigenvalue weighted by Gasteiger charge is -2.27. The van der Waals surface area contributed by atoms with Crippen molar-refractivity contribution in [2.24, 2.45) is 0 Å². The van der Waals surface area contributed by atoms with E-state index in [1.54, 1.807) is 42.5 Å². The Kier molecular flexibility index (Phi) is 7.76. The van der Waals surface area contributed by atoms with E-state index in [-0.39, 0.29) is 17.5 Å². The van der Waals surface area contributed by atoms with Gasteiger partial charge in [0.15, 0.2) is 0 Å². The third-order valence-corrected chi connectivity index (χ3v) is 7.29. The first-order valence-corrected chi connectivity index (χ1v) is 12.3. The number of ether oxygens (including phenoxy) is 1. The Labute approximate surface area is 196 Å². The first-order chi connectivity index (χ1) is 15.8. The molecule has 6 nitrogen and oxygen atoms in total. The maximum absolute atomic E-state index is 13.5. The summed E-state index contributed by atoms with van der Waals surface area (Å²) in [6, 6.07) is 20.7. The number of methoxy groups -OCH3 is 1. The fourth-order valence-corrected chi connectivity index (χ4v) is 5.29. The van der Waals surface area contributed by atoms with Crippen LogP contribution in [0.2, 0.25) is 0 Å². The Morgan fingerprint density at radius 1 is 1.00 bits per heavy atom. The van der Waals surface area contributed by atoms with Crippen LogP contribution in [0.1, 0.15) is 36.1 Å². The molecule has 1 N–H and O–H groups in total. The molecule has 1 unspecified atom stereocenters. The molecular weight excluding hydrogens is 436 g/mol. The van der Waals surface area contributed by atoms with Crippen LogP contribution in [-0.2, 0) is 14.8 Å². The van der Waals surface area contributed by atoms with Crippen molar-refractivity contribution in [3.63, 3.8) is 0 Å². The zero-order valence-electron chi connectivity index (χ0n) is 19.4. The molecule has 0 heterocycles. The Morgan fingerprint density at radius 2 is 1.67 bits per heavy atom. The Morgan fingerprint density at radius 3 is 2.30 bits per heavy atom. The van der Waals surface area contributed by atoms with Crippen molar-refractivity contribution in [2.45, 2.75) is 38.1 Å². The first kappa shape index (κ1) is 24.3. The third kappa shape index (κ3) is 5.54. The second-order valence-electron chi connectivity index (χ2n) is 7.88. The number of benzene rings is 3. The fourth-order valence-electron chi connectivity index (χ4n) is 3.84. The molecule has 0 aliphatic heterocycles. The van der Waals surface area contributed by atoms with Crippen LogP contribution in [-0.4, -0.2) is 28.0 Å². The van der Waals surface area contributed by atoms with Crippen molar-refractivity contribution in [1.29, 1.82) is 0 Å². The van der Waals surface area contributed by atoms with Gasteiger partial charge in [-0.1, -0.05) is 61.0 Å². The average molecular weight is 467 g/mol. The first-order valence-electron chi connectivity index (χ1n) is 10.8. The van der Waals surface area contributed by atoms with Gasteiger partial charge >= 0.3 is 0 Å². The number of amides is 1. The minimum absolute atomic E-state index is 0.102. The summed E-state index contributed by atoms with van der Waals surface area (Å²) in [6.45, 7) is 5.65. The smallest absolute Gasteiger partial charge is 0.264 e. The van der Waals surface area contributed by atoms with E-state index in [1.807, 2.05) is 32.9 Å². The molecule has 0 fully saturated rings. The zero-order valence-corrected chi connectivity index (χ0v) is 20.2. The molecular formula is C26H30N2O4S. The number of carbonyl (C=O) groups is 1. The second-order valence-corrected chi connectivity index (χ2v) is 9.75. The van der Waals surface area contributed by atoms with Crippen molar-refractivity contribution in [3.05, 3.63) is 89.5 Å². The van der Waals surface area contributed by atoms with Crippen molar-refractivity contribution >= 4 is 21.6 Å². The van der Waals surface area contributed by atoms with E-state index in [0.29, 0.717) is 17.9 Å². The molecule has 0 radical (unpaired) electrons. The molecule has 1 amide bonds. The fraction of sp³-hybridized carbons (Fsp3) is 0.269. The Hall–Kier alpha value is -3.32. The Balaban J connectivity index is 1.95. The Bertz CT molecular complexity index is 1210. The van der Waals surface area contributed by atoms with E-state index >= 15 is 0 Å². The summed E-state index contributed by atoms with van der Waals surface area (Å²) in [5.41, 5.74) is 3.55. The molecule has 0 aliphatic rings. The van der Waals surface area contributed by atoms with Gasteiger partial charge in [-0.2, -0.15) is 0 Å². The lowest BCUT2D eigenvalue weighted by molar-refractivity contribution is -0.120. The number of aryl methyl sites for hydroxylation is 2.